The van der Waals surface area contributed by atoms with Crippen LogP contribution in [0.5, 0.6) is 0 Å². The highest BCUT2D eigenvalue weighted by molar-refractivity contribution is 9.10. The number of benzene rings is 1. The zero-order valence-electron chi connectivity index (χ0n) is 6.40. The molecular formula is C7H4BrN5. The predicted octanol–water partition coefficient (Wildman–Crippen LogP) is 3.27. The largest absolute Gasteiger partial charge is 0.277 e. The number of halogens is 1. The normalized spacial score (nSPS) is 9.92. The second-order valence-corrected chi connectivity index (χ2v) is 3.27. The van der Waals surface area contributed by atoms with Crippen molar-refractivity contribution < 1.29 is 0 Å². The summed E-state index contributed by atoms with van der Waals surface area (Å²) in [5.74, 6) is 0. The number of rotatable bonds is 1. The van der Waals surface area contributed by atoms with E-state index in [4.69, 9.17) is 5.53 Å². The lowest BCUT2D eigenvalue weighted by atomic mass is 10.2. The zero-order chi connectivity index (χ0) is 9.26. The van der Waals surface area contributed by atoms with Gasteiger partial charge in [0.05, 0.1) is 17.4 Å². The molecule has 0 atom stereocenters. The van der Waals surface area contributed by atoms with Crippen LogP contribution in [0.15, 0.2) is 27.9 Å². The highest BCUT2D eigenvalue weighted by Gasteiger charge is 2.03. The first kappa shape index (κ1) is 8.10. The molecule has 0 saturated heterocycles. The van der Waals surface area contributed by atoms with E-state index in [-0.39, 0.29) is 0 Å². The molecule has 2 rings (SSSR count). The molecule has 64 valence electrons. The lowest BCUT2D eigenvalue weighted by molar-refractivity contribution is 1.12. The lowest BCUT2D eigenvalue weighted by Crippen LogP contribution is -1.71. The molecule has 1 aromatic carbocycles. The number of aromatic amines is 1. The first-order chi connectivity index (χ1) is 6.33. The Bertz CT molecular complexity index is 497. The molecule has 0 radical (unpaired) electrons. The number of nitrogens with one attached hydrogen (secondary N) is 1. The smallest absolute Gasteiger partial charge is 0.0757 e. The van der Waals surface area contributed by atoms with Crippen LogP contribution in [0, 0.1) is 0 Å². The van der Waals surface area contributed by atoms with Gasteiger partial charge in [0.1, 0.15) is 0 Å². The Hall–Kier alpha value is -1.52. The van der Waals surface area contributed by atoms with Crippen LogP contribution in [0.1, 0.15) is 0 Å². The van der Waals surface area contributed by atoms with Gasteiger partial charge in [-0.15, -0.1) is 0 Å². The minimum Gasteiger partial charge on any atom is -0.277 e. The summed E-state index contributed by atoms with van der Waals surface area (Å²) < 4.78 is 0.924. The van der Waals surface area contributed by atoms with E-state index in [1.165, 1.54) is 0 Å². The predicted molar refractivity (Wildman–Crippen MR) is 52.6 cm³/mol. The fourth-order valence-corrected chi connectivity index (χ4v) is 1.55. The van der Waals surface area contributed by atoms with Crippen LogP contribution < -0.4 is 0 Å². The Kier molecular flexibility index (Phi) is 1.92. The molecule has 2 aromatic rings. The maximum Gasteiger partial charge on any atom is 0.0757 e. The number of aromatic nitrogens is 2. The van der Waals surface area contributed by atoms with Crippen LogP contribution in [0.3, 0.4) is 0 Å². The van der Waals surface area contributed by atoms with Crippen molar-refractivity contribution in [1.82, 2.24) is 10.2 Å². The maximum atomic E-state index is 8.30. The van der Waals surface area contributed by atoms with Crippen molar-refractivity contribution in [2.75, 3.05) is 0 Å². The summed E-state index contributed by atoms with van der Waals surface area (Å²) in [5.41, 5.74) is 9.59. The number of H-pyrrole nitrogens is 1. The second-order valence-electron chi connectivity index (χ2n) is 2.41. The van der Waals surface area contributed by atoms with Gasteiger partial charge in [-0.3, -0.25) is 5.10 Å². The number of nitrogens with zero attached hydrogens (tertiary/aromatic N) is 4. The second kappa shape index (κ2) is 3.08. The number of hydrogen-bond acceptors (Lipinski definition) is 2. The molecule has 0 fully saturated rings. The molecular weight excluding hydrogens is 234 g/mol. The van der Waals surface area contributed by atoms with Crippen LogP contribution >= 0.6 is 15.9 Å². The van der Waals surface area contributed by atoms with E-state index >= 15 is 0 Å². The monoisotopic (exact) mass is 237 g/mol. The van der Waals surface area contributed by atoms with Gasteiger partial charge in [0, 0.05) is 14.8 Å². The standard InChI is InChI=1S/C7H4BrN5/c8-5-1-2-6(11-13-9)7-4(5)3-10-12-7/h1-3H,(H,10,12). The van der Waals surface area contributed by atoms with Crippen LogP contribution in [0.25, 0.3) is 21.3 Å². The third kappa shape index (κ3) is 1.26. The van der Waals surface area contributed by atoms with Crippen molar-refractivity contribution in [3.63, 3.8) is 0 Å². The molecule has 0 spiro atoms. The van der Waals surface area contributed by atoms with Crippen LogP contribution in [-0.2, 0) is 0 Å². The van der Waals surface area contributed by atoms with Crippen LogP contribution in [0.4, 0.5) is 5.69 Å². The molecule has 6 heteroatoms. The van der Waals surface area contributed by atoms with Gasteiger partial charge in [0.25, 0.3) is 0 Å². The summed E-state index contributed by atoms with van der Waals surface area (Å²) in [7, 11) is 0. The Morgan fingerprint density at radius 3 is 3.15 bits per heavy atom. The van der Waals surface area contributed by atoms with Gasteiger partial charge in [0.15, 0.2) is 0 Å². The van der Waals surface area contributed by atoms with Gasteiger partial charge < -0.3 is 0 Å². The fraction of sp³-hybridized carbons (Fsp3) is 0. The Balaban J connectivity index is 2.85. The van der Waals surface area contributed by atoms with Gasteiger partial charge in [-0.1, -0.05) is 21.0 Å². The van der Waals surface area contributed by atoms with Crippen molar-refractivity contribution in [2.24, 2.45) is 5.11 Å². The van der Waals surface area contributed by atoms with Gasteiger partial charge in [-0.25, -0.2) is 0 Å². The molecule has 0 saturated carbocycles. The van der Waals surface area contributed by atoms with Crippen molar-refractivity contribution in [1.29, 1.82) is 0 Å². The van der Waals surface area contributed by atoms with E-state index in [2.05, 4.69) is 36.2 Å². The summed E-state index contributed by atoms with van der Waals surface area (Å²) >= 11 is 3.37. The fourth-order valence-electron chi connectivity index (χ4n) is 1.12. The van der Waals surface area contributed by atoms with Crippen LogP contribution in [0.2, 0.25) is 0 Å². The molecule has 0 aliphatic rings. The molecule has 1 heterocycles. The Morgan fingerprint density at radius 2 is 2.38 bits per heavy atom. The van der Waals surface area contributed by atoms with E-state index < -0.39 is 0 Å². The molecule has 5 nitrogen and oxygen atoms in total. The summed E-state index contributed by atoms with van der Waals surface area (Å²) in [6.07, 6.45) is 1.68. The lowest BCUT2D eigenvalue weighted by Gasteiger charge is -1.95. The van der Waals surface area contributed by atoms with Crippen molar-refractivity contribution in [3.05, 3.63) is 33.2 Å². The summed E-state index contributed by atoms with van der Waals surface area (Å²) in [5, 5.41) is 11.1. The quantitative estimate of drug-likeness (QED) is 0.461. The van der Waals surface area contributed by atoms with E-state index in [9.17, 15) is 0 Å². The van der Waals surface area contributed by atoms with E-state index in [0.717, 1.165) is 15.4 Å². The summed E-state index contributed by atoms with van der Waals surface area (Å²) in [6.45, 7) is 0. The highest BCUT2D eigenvalue weighted by Crippen LogP contribution is 2.29. The molecule has 1 aromatic heterocycles. The minimum atomic E-state index is 0.554. The topological polar surface area (TPSA) is 77.4 Å². The van der Waals surface area contributed by atoms with E-state index in [0.29, 0.717) is 5.69 Å². The Labute approximate surface area is 81.5 Å². The van der Waals surface area contributed by atoms with Gasteiger partial charge >= 0.3 is 0 Å². The summed E-state index contributed by atoms with van der Waals surface area (Å²) in [6, 6.07) is 3.55. The first-order valence-corrected chi connectivity index (χ1v) is 4.29. The molecule has 0 bridgehead atoms. The van der Waals surface area contributed by atoms with Gasteiger partial charge in [-0.2, -0.15) is 5.10 Å². The third-order valence-corrected chi connectivity index (χ3v) is 2.38. The molecule has 13 heavy (non-hydrogen) atoms. The summed E-state index contributed by atoms with van der Waals surface area (Å²) in [4.78, 5) is 2.73. The van der Waals surface area contributed by atoms with Gasteiger partial charge in [-0.05, 0) is 17.7 Å². The SMILES string of the molecule is [N-]=[N+]=Nc1ccc(Br)c2cn[nH]c12. The molecule has 0 aliphatic heterocycles. The third-order valence-electron chi connectivity index (χ3n) is 1.69. The van der Waals surface area contributed by atoms with Crippen molar-refractivity contribution in [2.45, 2.75) is 0 Å². The average Bonchev–Trinajstić information content (AvgIpc) is 2.59. The maximum absolute atomic E-state index is 8.30. The zero-order valence-corrected chi connectivity index (χ0v) is 7.98. The molecule has 0 amide bonds. The van der Waals surface area contributed by atoms with E-state index in [1.54, 1.807) is 12.3 Å². The van der Waals surface area contributed by atoms with Gasteiger partial charge in [0.2, 0.25) is 0 Å². The number of fused-ring (bicyclic) bond motifs is 1. The molecule has 0 unspecified atom stereocenters. The Morgan fingerprint density at radius 1 is 1.54 bits per heavy atom. The molecule has 0 aliphatic carbocycles. The van der Waals surface area contributed by atoms with E-state index in [1.807, 2.05) is 6.07 Å². The minimum absolute atomic E-state index is 0.554. The van der Waals surface area contributed by atoms with Crippen molar-refractivity contribution >= 4 is 32.5 Å². The van der Waals surface area contributed by atoms with Crippen molar-refractivity contribution in [3.8, 4) is 0 Å². The average molecular weight is 238 g/mol. The molecule has 1 N–H and O–H groups in total. The highest BCUT2D eigenvalue weighted by atomic mass is 79.9. The number of hydrogen-bond donors (Lipinski definition) is 1. The number of azide groups is 1. The first-order valence-electron chi connectivity index (χ1n) is 3.49. The van der Waals surface area contributed by atoms with Crippen LogP contribution in [-0.4, -0.2) is 10.2 Å².